The maximum atomic E-state index is 12.4. The summed E-state index contributed by atoms with van der Waals surface area (Å²) in [5.41, 5.74) is 3.02. The third-order valence-electron chi connectivity index (χ3n) is 4.52. The second kappa shape index (κ2) is 7.42. The van der Waals surface area contributed by atoms with Crippen molar-refractivity contribution in [3.63, 3.8) is 0 Å². The molecule has 0 saturated heterocycles. The van der Waals surface area contributed by atoms with Crippen molar-refractivity contribution in [2.75, 3.05) is 0 Å². The zero-order valence-corrected chi connectivity index (χ0v) is 14.1. The first-order valence-corrected chi connectivity index (χ1v) is 8.39. The predicted octanol–water partition coefficient (Wildman–Crippen LogP) is 2.09. The molecule has 0 aliphatic heterocycles. The highest BCUT2D eigenvalue weighted by Crippen LogP contribution is 2.47. The van der Waals surface area contributed by atoms with Crippen molar-refractivity contribution in [1.29, 1.82) is 0 Å². The molecule has 0 radical (unpaired) electrons. The molecule has 1 amide bonds. The van der Waals surface area contributed by atoms with Gasteiger partial charge in [0.2, 0.25) is 5.91 Å². The first kappa shape index (κ1) is 17.1. The second-order valence-electron chi connectivity index (χ2n) is 6.50. The fourth-order valence-electron chi connectivity index (χ4n) is 3.04. The molecular formula is C19H21N3O3. The Morgan fingerprint density at radius 2 is 2.20 bits per heavy atom. The van der Waals surface area contributed by atoms with E-state index in [1.165, 1.54) is 0 Å². The van der Waals surface area contributed by atoms with Gasteiger partial charge in [-0.15, -0.1) is 0 Å². The lowest BCUT2D eigenvalue weighted by atomic mass is 10.1. The molecule has 1 aliphatic rings. The molecule has 0 spiro atoms. The lowest BCUT2D eigenvalue weighted by Crippen LogP contribution is -2.42. The fourth-order valence-corrected chi connectivity index (χ4v) is 3.04. The molecule has 130 valence electrons. The van der Waals surface area contributed by atoms with E-state index in [1.807, 2.05) is 25.1 Å². The molecule has 2 N–H and O–H groups in total. The van der Waals surface area contributed by atoms with Crippen LogP contribution in [0.3, 0.4) is 0 Å². The number of rotatable bonds is 7. The Morgan fingerprint density at radius 3 is 2.88 bits per heavy atom. The van der Waals surface area contributed by atoms with Crippen LogP contribution in [0.5, 0.6) is 0 Å². The lowest BCUT2D eigenvalue weighted by Gasteiger charge is -2.14. The monoisotopic (exact) mass is 339 g/mol. The molecule has 1 fully saturated rings. The molecule has 3 rings (SSSR count). The van der Waals surface area contributed by atoms with Gasteiger partial charge in [0.1, 0.15) is 6.04 Å². The molecule has 2 aromatic rings. The zero-order chi connectivity index (χ0) is 17.8. The van der Waals surface area contributed by atoms with Crippen LogP contribution in [0.4, 0.5) is 0 Å². The number of carbonyl (C=O) groups excluding carboxylic acids is 1. The molecule has 25 heavy (non-hydrogen) atoms. The number of aromatic nitrogens is 2. The van der Waals surface area contributed by atoms with Gasteiger partial charge in [-0.25, -0.2) is 4.79 Å². The average molecular weight is 339 g/mol. The molecular weight excluding hydrogens is 318 g/mol. The van der Waals surface area contributed by atoms with Gasteiger partial charge in [0.05, 0.1) is 5.69 Å². The van der Waals surface area contributed by atoms with Crippen LogP contribution in [0, 0.1) is 12.8 Å². The van der Waals surface area contributed by atoms with Crippen molar-refractivity contribution in [2.24, 2.45) is 5.92 Å². The molecule has 6 heteroatoms. The molecule has 1 aromatic heterocycles. The van der Waals surface area contributed by atoms with Crippen LogP contribution >= 0.6 is 0 Å². The van der Waals surface area contributed by atoms with Crippen molar-refractivity contribution >= 4 is 11.9 Å². The molecule has 0 bridgehead atoms. The van der Waals surface area contributed by atoms with Gasteiger partial charge in [0.15, 0.2) is 0 Å². The number of carbonyl (C=O) groups is 2. The van der Waals surface area contributed by atoms with E-state index in [2.05, 4.69) is 21.4 Å². The van der Waals surface area contributed by atoms with Crippen LogP contribution in [0.25, 0.3) is 0 Å². The molecule has 1 aliphatic carbocycles. The van der Waals surface area contributed by atoms with Crippen molar-refractivity contribution in [2.45, 2.75) is 38.1 Å². The predicted molar refractivity (Wildman–Crippen MR) is 91.9 cm³/mol. The van der Waals surface area contributed by atoms with Crippen LogP contribution in [0.15, 0.2) is 42.9 Å². The van der Waals surface area contributed by atoms with Crippen LogP contribution in [0.2, 0.25) is 0 Å². The number of aryl methyl sites for hydroxylation is 2. The summed E-state index contributed by atoms with van der Waals surface area (Å²) in [5, 5.41) is 12.0. The van der Waals surface area contributed by atoms with E-state index in [1.54, 1.807) is 18.6 Å². The topological polar surface area (TPSA) is 92.2 Å². The number of hydrogen-bond acceptors (Lipinski definition) is 4. The minimum Gasteiger partial charge on any atom is -0.480 e. The Balaban J connectivity index is 1.56. The molecule has 3 atom stereocenters. The standard InChI is InChI=1S/C19H21N3O3/c1-12-3-2-4-13(9-12)15-10-16(15)18(23)22-17(19(24)25)6-5-14-11-20-7-8-21-14/h2-4,7-9,11,15-17H,5-6,10H2,1H3,(H,22,23)(H,24,25)/t15-,16+,17?/m0/s1. The minimum atomic E-state index is -1.02. The fraction of sp³-hybridized carbons (Fsp3) is 0.368. The van der Waals surface area contributed by atoms with Gasteiger partial charge in [-0.05, 0) is 37.7 Å². The van der Waals surface area contributed by atoms with Gasteiger partial charge in [-0.2, -0.15) is 0 Å². The largest absolute Gasteiger partial charge is 0.480 e. The molecule has 1 heterocycles. The number of nitrogens with one attached hydrogen (secondary N) is 1. The Morgan fingerprint density at radius 1 is 1.36 bits per heavy atom. The first-order chi connectivity index (χ1) is 12.0. The summed E-state index contributed by atoms with van der Waals surface area (Å²) in [6.45, 7) is 2.02. The molecule has 6 nitrogen and oxygen atoms in total. The summed E-state index contributed by atoms with van der Waals surface area (Å²) >= 11 is 0. The molecule has 1 unspecified atom stereocenters. The van der Waals surface area contributed by atoms with Crippen molar-refractivity contribution in [3.05, 3.63) is 59.7 Å². The van der Waals surface area contributed by atoms with E-state index in [9.17, 15) is 14.7 Å². The number of amides is 1. The van der Waals surface area contributed by atoms with Gasteiger partial charge >= 0.3 is 5.97 Å². The van der Waals surface area contributed by atoms with Crippen molar-refractivity contribution in [3.8, 4) is 0 Å². The highest BCUT2D eigenvalue weighted by molar-refractivity contribution is 5.87. The van der Waals surface area contributed by atoms with Gasteiger partial charge in [-0.1, -0.05) is 29.8 Å². The second-order valence-corrected chi connectivity index (χ2v) is 6.50. The SMILES string of the molecule is Cc1cccc([C@@H]2C[C@H]2C(=O)NC(CCc2cnccn2)C(=O)O)c1. The Bertz CT molecular complexity index is 764. The van der Waals surface area contributed by atoms with Crippen LogP contribution in [-0.4, -0.2) is 33.0 Å². The van der Waals surface area contributed by atoms with Gasteiger partial charge < -0.3 is 10.4 Å². The maximum Gasteiger partial charge on any atom is 0.326 e. The van der Waals surface area contributed by atoms with Gasteiger partial charge in [0.25, 0.3) is 0 Å². The first-order valence-electron chi connectivity index (χ1n) is 8.39. The number of aliphatic carboxylic acids is 1. The Kier molecular flexibility index (Phi) is 5.07. The third kappa shape index (κ3) is 4.41. The lowest BCUT2D eigenvalue weighted by molar-refractivity contribution is -0.142. The average Bonchev–Trinajstić information content (AvgIpc) is 3.40. The zero-order valence-electron chi connectivity index (χ0n) is 14.1. The molecule has 1 saturated carbocycles. The highest BCUT2D eigenvalue weighted by Gasteiger charge is 2.44. The van der Waals surface area contributed by atoms with E-state index in [0.29, 0.717) is 18.5 Å². The summed E-state index contributed by atoms with van der Waals surface area (Å²) in [6, 6.07) is 7.20. The van der Waals surface area contributed by atoms with Crippen LogP contribution in [0.1, 0.15) is 35.6 Å². The van der Waals surface area contributed by atoms with E-state index >= 15 is 0 Å². The van der Waals surface area contributed by atoms with Gasteiger partial charge in [0, 0.05) is 24.5 Å². The number of carboxylic acid groups (broad SMARTS) is 1. The summed E-state index contributed by atoms with van der Waals surface area (Å²) < 4.78 is 0. The van der Waals surface area contributed by atoms with E-state index < -0.39 is 12.0 Å². The minimum absolute atomic E-state index is 0.139. The normalized spacial score (nSPS) is 19.9. The van der Waals surface area contributed by atoms with Crippen molar-refractivity contribution in [1.82, 2.24) is 15.3 Å². The summed E-state index contributed by atoms with van der Waals surface area (Å²) in [6.07, 6.45) is 6.26. The van der Waals surface area contributed by atoms with Crippen LogP contribution in [-0.2, 0) is 16.0 Å². The molecule has 1 aromatic carbocycles. The highest BCUT2D eigenvalue weighted by atomic mass is 16.4. The summed E-state index contributed by atoms with van der Waals surface area (Å²) in [5.74, 6) is -1.16. The van der Waals surface area contributed by atoms with E-state index in [-0.39, 0.29) is 17.7 Å². The maximum absolute atomic E-state index is 12.4. The van der Waals surface area contributed by atoms with Crippen LogP contribution < -0.4 is 5.32 Å². The van der Waals surface area contributed by atoms with Gasteiger partial charge in [-0.3, -0.25) is 14.8 Å². The van der Waals surface area contributed by atoms with Crippen molar-refractivity contribution < 1.29 is 14.7 Å². The number of benzene rings is 1. The smallest absolute Gasteiger partial charge is 0.326 e. The quantitative estimate of drug-likeness (QED) is 0.806. The Hall–Kier alpha value is -2.76. The summed E-state index contributed by atoms with van der Waals surface area (Å²) in [4.78, 5) is 31.9. The third-order valence-corrected chi connectivity index (χ3v) is 4.52. The number of hydrogen-bond donors (Lipinski definition) is 2. The van der Waals surface area contributed by atoms with E-state index in [0.717, 1.165) is 17.5 Å². The Labute approximate surface area is 146 Å². The summed E-state index contributed by atoms with van der Waals surface area (Å²) in [7, 11) is 0. The van der Waals surface area contributed by atoms with E-state index in [4.69, 9.17) is 0 Å². The number of carboxylic acids is 1. The number of nitrogens with zero attached hydrogens (tertiary/aromatic N) is 2.